The van der Waals surface area contributed by atoms with Gasteiger partial charge in [0.25, 0.3) is 5.89 Å². The first-order valence-electron chi connectivity index (χ1n) is 6.95. The first-order chi connectivity index (χ1) is 10.8. The Morgan fingerprint density at radius 1 is 1.41 bits per heavy atom. The Morgan fingerprint density at radius 2 is 2.36 bits per heavy atom. The van der Waals surface area contributed by atoms with Gasteiger partial charge in [-0.15, -0.1) is 22.7 Å². The first-order valence-corrected chi connectivity index (χ1v) is 8.64. The molecule has 4 rings (SSSR count). The highest BCUT2D eigenvalue weighted by atomic mass is 32.1. The molecule has 1 aliphatic rings. The van der Waals surface area contributed by atoms with Crippen molar-refractivity contribution in [3.63, 3.8) is 0 Å². The third-order valence-electron chi connectivity index (χ3n) is 3.48. The van der Waals surface area contributed by atoms with Gasteiger partial charge >= 0.3 is 5.97 Å². The van der Waals surface area contributed by atoms with Gasteiger partial charge in [0.2, 0.25) is 5.82 Å². The van der Waals surface area contributed by atoms with Crippen molar-refractivity contribution in [3.05, 3.63) is 44.8 Å². The number of carbonyl (C=O) groups is 1. The van der Waals surface area contributed by atoms with Crippen molar-refractivity contribution < 1.29 is 14.1 Å². The van der Waals surface area contributed by atoms with Gasteiger partial charge in [0, 0.05) is 4.88 Å². The molecule has 0 N–H and O–H groups in total. The van der Waals surface area contributed by atoms with E-state index in [0.29, 0.717) is 16.6 Å². The summed E-state index contributed by atoms with van der Waals surface area (Å²) in [6.07, 6.45) is 3.32. The Balaban J connectivity index is 1.40. The number of rotatable bonds is 4. The molecule has 3 heterocycles. The molecule has 5 nitrogen and oxygen atoms in total. The maximum Gasteiger partial charge on any atom is 0.348 e. The van der Waals surface area contributed by atoms with Gasteiger partial charge in [0.05, 0.1) is 4.88 Å². The average Bonchev–Trinajstić information content (AvgIpc) is 3.26. The van der Waals surface area contributed by atoms with Gasteiger partial charge in [0.1, 0.15) is 4.88 Å². The van der Waals surface area contributed by atoms with Gasteiger partial charge in [-0.2, -0.15) is 4.98 Å². The maximum atomic E-state index is 12.1. The number of esters is 1. The Labute approximate surface area is 134 Å². The van der Waals surface area contributed by atoms with E-state index in [4.69, 9.17) is 9.26 Å². The molecule has 3 aromatic rings. The van der Waals surface area contributed by atoms with Crippen LogP contribution in [-0.4, -0.2) is 16.1 Å². The number of carbonyl (C=O) groups excluding carboxylic acids is 1. The summed E-state index contributed by atoms with van der Waals surface area (Å²) >= 11 is 3.06. The standard InChI is InChI=1S/C15H12N2O3S2/c18-15(12-7-9-3-1-4-10(9)22-12)19-8-13-16-14(17-20-13)11-5-2-6-21-11/h2,5-7H,1,3-4,8H2. The van der Waals surface area contributed by atoms with Crippen LogP contribution in [0.15, 0.2) is 28.1 Å². The highest BCUT2D eigenvalue weighted by Crippen LogP contribution is 2.31. The quantitative estimate of drug-likeness (QED) is 0.682. The summed E-state index contributed by atoms with van der Waals surface area (Å²) in [6.45, 7) is -0.000223. The van der Waals surface area contributed by atoms with E-state index in [1.807, 2.05) is 23.6 Å². The Morgan fingerprint density at radius 3 is 3.18 bits per heavy atom. The fourth-order valence-electron chi connectivity index (χ4n) is 2.45. The number of thiophene rings is 2. The van der Waals surface area contributed by atoms with Crippen LogP contribution in [0.4, 0.5) is 0 Å². The summed E-state index contributed by atoms with van der Waals surface area (Å²) in [7, 11) is 0. The molecular formula is C15H12N2O3S2. The van der Waals surface area contributed by atoms with Crippen LogP contribution in [0, 0.1) is 0 Å². The van der Waals surface area contributed by atoms with Crippen molar-refractivity contribution in [2.24, 2.45) is 0 Å². The second kappa shape index (κ2) is 5.66. The summed E-state index contributed by atoms with van der Waals surface area (Å²) in [5.74, 6) is 0.507. The third kappa shape index (κ3) is 2.57. The van der Waals surface area contributed by atoms with Crippen LogP contribution in [0.3, 0.4) is 0 Å². The van der Waals surface area contributed by atoms with Gasteiger partial charge in [-0.3, -0.25) is 0 Å². The lowest BCUT2D eigenvalue weighted by molar-refractivity contribution is 0.0435. The third-order valence-corrected chi connectivity index (χ3v) is 5.57. The molecule has 0 amide bonds. The van der Waals surface area contributed by atoms with Crippen LogP contribution in [-0.2, 0) is 24.2 Å². The van der Waals surface area contributed by atoms with Gasteiger partial charge in [-0.25, -0.2) is 4.79 Å². The average molecular weight is 332 g/mol. The lowest BCUT2D eigenvalue weighted by atomic mass is 10.2. The fraction of sp³-hybridized carbons (Fsp3) is 0.267. The minimum absolute atomic E-state index is 0.000223. The zero-order valence-electron chi connectivity index (χ0n) is 11.6. The van der Waals surface area contributed by atoms with Crippen LogP contribution < -0.4 is 0 Å². The van der Waals surface area contributed by atoms with Crippen molar-refractivity contribution >= 4 is 28.6 Å². The van der Waals surface area contributed by atoms with E-state index in [1.165, 1.54) is 39.5 Å². The molecule has 0 spiro atoms. The molecular weight excluding hydrogens is 320 g/mol. The van der Waals surface area contributed by atoms with Crippen molar-refractivity contribution in [1.29, 1.82) is 0 Å². The lowest BCUT2D eigenvalue weighted by Crippen LogP contribution is -2.03. The largest absolute Gasteiger partial charge is 0.451 e. The van der Waals surface area contributed by atoms with E-state index in [-0.39, 0.29) is 12.6 Å². The number of ether oxygens (including phenoxy) is 1. The predicted molar refractivity (Wildman–Crippen MR) is 83.1 cm³/mol. The number of aryl methyl sites for hydroxylation is 2. The number of hydrogen-bond donors (Lipinski definition) is 0. The Hall–Kier alpha value is -1.99. The number of hydrogen-bond acceptors (Lipinski definition) is 7. The van der Waals surface area contributed by atoms with Gasteiger partial charge < -0.3 is 9.26 Å². The smallest absolute Gasteiger partial charge is 0.348 e. The molecule has 0 saturated heterocycles. The van der Waals surface area contributed by atoms with Crippen molar-refractivity contribution in [3.8, 4) is 10.7 Å². The fourth-order valence-corrected chi connectivity index (χ4v) is 4.24. The van der Waals surface area contributed by atoms with Gasteiger partial charge in [-0.1, -0.05) is 11.2 Å². The van der Waals surface area contributed by atoms with E-state index >= 15 is 0 Å². The van der Waals surface area contributed by atoms with Crippen LogP contribution in [0.2, 0.25) is 0 Å². The molecule has 0 aromatic carbocycles. The molecule has 112 valence electrons. The van der Waals surface area contributed by atoms with Crippen molar-refractivity contribution in [2.45, 2.75) is 25.9 Å². The van der Waals surface area contributed by atoms with Gasteiger partial charge in [-0.05, 0) is 42.3 Å². The van der Waals surface area contributed by atoms with E-state index in [1.54, 1.807) is 0 Å². The monoisotopic (exact) mass is 332 g/mol. The van der Waals surface area contributed by atoms with Crippen LogP contribution >= 0.6 is 22.7 Å². The Kier molecular flexibility index (Phi) is 3.51. The van der Waals surface area contributed by atoms with E-state index in [2.05, 4.69) is 10.1 Å². The first kappa shape index (κ1) is 13.7. The minimum Gasteiger partial charge on any atom is -0.451 e. The van der Waals surface area contributed by atoms with E-state index < -0.39 is 0 Å². The second-order valence-electron chi connectivity index (χ2n) is 4.98. The molecule has 0 saturated carbocycles. The normalized spacial score (nSPS) is 13.3. The maximum absolute atomic E-state index is 12.1. The zero-order valence-corrected chi connectivity index (χ0v) is 13.2. The molecule has 0 fully saturated rings. The molecule has 0 unspecified atom stereocenters. The molecule has 1 aliphatic carbocycles. The Bertz CT molecular complexity index is 783. The highest BCUT2D eigenvalue weighted by molar-refractivity contribution is 7.14. The topological polar surface area (TPSA) is 65.2 Å². The zero-order chi connectivity index (χ0) is 14.9. The van der Waals surface area contributed by atoms with Gasteiger partial charge in [0.15, 0.2) is 6.61 Å². The highest BCUT2D eigenvalue weighted by Gasteiger charge is 2.20. The van der Waals surface area contributed by atoms with E-state index in [9.17, 15) is 4.79 Å². The summed E-state index contributed by atoms with van der Waals surface area (Å²) < 4.78 is 10.4. The van der Waals surface area contributed by atoms with Crippen LogP contribution in [0.5, 0.6) is 0 Å². The van der Waals surface area contributed by atoms with Crippen LogP contribution in [0.1, 0.15) is 32.4 Å². The molecule has 0 aliphatic heterocycles. The predicted octanol–water partition coefficient (Wildman–Crippen LogP) is 3.71. The molecule has 0 bridgehead atoms. The number of fused-ring (bicyclic) bond motifs is 1. The SMILES string of the molecule is O=C(OCc1nc(-c2cccs2)no1)c1cc2c(s1)CCC2. The molecule has 7 heteroatoms. The summed E-state index contributed by atoms with van der Waals surface area (Å²) in [4.78, 5) is 19.2. The van der Waals surface area contributed by atoms with Crippen molar-refractivity contribution in [1.82, 2.24) is 10.1 Å². The summed E-state index contributed by atoms with van der Waals surface area (Å²) in [5.41, 5.74) is 1.29. The van der Waals surface area contributed by atoms with Crippen molar-refractivity contribution in [2.75, 3.05) is 0 Å². The molecule has 0 radical (unpaired) electrons. The summed E-state index contributed by atoms with van der Waals surface area (Å²) in [6, 6.07) is 5.78. The van der Waals surface area contributed by atoms with Crippen LogP contribution in [0.25, 0.3) is 10.7 Å². The number of aromatic nitrogens is 2. The molecule has 22 heavy (non-hydrogen) atoms. The molecule has 3 aromatic heterocycles. The van der Waals surface area contributed by atoms with E-state index in [0.717, 1.165) is 17.7 Å². The molecule has 0 atom stereocenters. The lowest BCUT2D eigenvalue weighted by Gasteiger charge is -1.98. The summed E-state index contributed by atoms with van der Waals surface area (Å²) in [5, 5.41) is 5.83. The minimum atomic E-state index is -0.324. The number of nitrogens with zero attached hydrogens (tertiary/aromatic N) is 2. The second-order valence-corrected chi connectivity index (χ2v) is 7.06.